The van der Waals surface area contributed by atoms with Crippen LogP contribution in [0.1, 0.15) is 18.2 Å². The van der Waals surface area contributed by atoms with Gasteiger partial charge in [0, 0.05) is 15.6 Å². The van der Waals surface area contributed by atoms with Crippen LogP contribution in [0.15, 0.2) is 16.6 Å². The lowest BCUT2D eigenvalue weighted by atomic mass is 10.1. The third kappa shape index (κ3) is 1.36. The van der Waals surface area contributed by atoms with Gasteiger partial charge in [0.15, 0.2) is 0 Å². The van der Waals surface area contributed by atoms with Crippen LogP contribution in [0.25, 0.3) is 10.9 Å². The van der Waals surface area contributed by atoms with E-state index in [0.29, 0.717) is 5.52 Å². The van der Waals surface area contributed by atoms with Crippen molar-refractivity contribution in [2.75, 3.05) is 0 Å². The highest BCUT2D eigenvalue weighted by Crippen LogP contribution is 2.28. The lowest BCUT2D eigenvalue weighted by Crippen LogP contribution is -1.81. The van der Waals surface area contributed by atoms with E-state index in [9.17, 15) is 4.39 Å². The van der Waals surface area contributed by atoms with Crippen molar-refractivity contribution in [3.05, 3.63) is 33.7 Å². The van der Waals surface area contributed by atoms with E-state index in [1.54, 1.807) is 0 Å². The molecule has 0 aliphatic carbocycles. The second-order valence-electron chi connectivity index (χ2n) is 3.39. The van der Waals surface area contributed by atoms with Gasteiger partial charge in [-0.1, -0.05) is 22.9 Å². The molecule has 14 heavy (non-hydrogen) atoms. The average molecular weight is 256 g/mol. The van der Waals surface area contributed by atoms with E-state index in [0.717, 1.165) is 22.0 Å². The molecule has 0 spiro atoms. The molecule has 2 aromatic rings. The number of benzene rings is 1. The predicted octanol–water partition coefficient (Wildman–Crippen LogP) is 3.94. The van der Waals surface area contributed by atoms with Crippen molar-refractivity contribution in [2.24, 2.45) is 0 Å². The van der Waals surface area contributed by atoms with Gasteiger partial charge in [-0.3, -0.25) is 0 Å². The Kier molecular flexibility index (Phi) is 2.35. The van der Waals surface area contributed by atoms with Crippen molar-refractivity contribution >= 4 is 26.8 Å². The van der Waals surface area contributed by atoms with E-state index in [1.165, 1.54) is 11.6 Å². The molecule has 1 nitrogen and oxygen atoms in total. The summed E-state index contributed by atoms with van der Waals surface area (Å²) < 4.78 is 14.3. The van der Waals surface area contributed by atoms with E-state index in [2.05, 4.69) is 27.8 Å². The molecule has 3 heteroatoms. The minimum absolute atomic E-state index is 0.197. The Morgan fingerprint density at radius 2 is 2.14 bits per heavy atom. The molecular weight excluding hydrogens is 245 g/mol. The molecule has 1 N–H and O–H groups in total. The first kappa shape index (κ1) is 9.71. The lowest BCUT2D eigenvalue weighted by molar-refractivity contribution is 0.636. The Morgan fingerprint density at radius 1 is 1.43 bits per heavy atom. The van der Waals surface area contributed by atoms with Crippen LogP contribution in [0.2, 0.25) is 0 Å². The summed E-state index contributed by atoms with van der Waals surface area (Å²) in [7, 11) is 0. The predicted molar refractivity (Wildman–Crippen MR) is 60.1 cm³/mol. The van der Waals surface area contributed by atoms with Crippen LogP contribution in [-0.4, -0.2) is 4.98 Å². The summed E-state index contributed by atoms with van der Waals surface area (Å²) in [5, 5.41) is 0.983. The molecule has 0 aliphatic heterocycles. The molecule has 0 atom stereocenters. The molecule has 1 aromatic heterocycles. The molecule has 0 amide bonds. The number of aromatic nitrogens is 1. The maximum atomic E-state index is 13.5. The van der Waals surface area contributed by atoms with Crippen molar-refractivity contribution in [3.8, 4) is 0 Å². The number of nitrogens with one attached hydrogen (secondary N) is 1. The summed E-state index contributed by atoms with van der Waals surface area (Å²) in [4.78, 5) is 3.08. The third-order valence-electron chi connectivity index (χ3n) is 2.50. The third-order valence-corrected chi connectivity index (χ3v) is 2.96. The Balaban J connectivity index is 2.87. The zero-order valence-electron chi connectivity index (χ0n) is 8.12. The zero-order chi connectivity index (χ0) is 10.3. The highest BCUT2D eigenvalue weighted by Gasteiger charge is 2.10. The van der Waals surface area contributed by atoms with E-state index < -0.39 is 0 Å². The van der Waals surface area contributed by atoms with Gasteiger partial charge in [0.2, 0.25) is 0 Å². The van der Waals surface area contributed by atoms with Crippen molar-refractivity contribution in [1.29, 1.82) is 0 Å². The molecule has 0 radical (unpaired) electrons. The van der Waals surface area contributed by atoms with Crippen molar-refractivity contribution < 1.29 is 4.39 Å². The monoisotopic (exact) mass is 255 g/mol. The minimum Gasteiger partial charge on any atom is -0.356 e. The van der Waals surface area contributed by atoms with Crippen LogP contribution in [0.4, 0.5) is 4.39 Å². The molecule has 0 aliphatic rings. The number of rotatable bonds is 1. The topological polar surface area (TPSA) is 15.8 Å². The van der Waals surface area contributed by atoms with Crippen molar-refractivity contribution in [2.45, 2.75) is 20.3 Å². The largest absolute Gasteiger partial charge is 0.356 e. The molecular formula is C11H11BrFN. The van der Waals surface area contributed by atoms with Gasteiger partial charge < -0.3 is 4.98 Å². The van der Waals surface area contributed by atoms with Gasteiger partial charge in [-0.05, 0) is 31.0 Å². The summed E-state index contributed by atoms with van der Waals surface area (Å²) in [6.07, 6.45) is 0.918. The van der Waals surface area contributed by atoms with E-state index in [-0.39, 0.29) is 5.82 Å². The first-order valence-corrected chi connectivity index (χ1v) is 5.39. The molecule has 0 saturated carbocycles. The van der Waals surface area contributed by atoms with Gasteiger partial charge in [0.05, 0.1) is 5.52 Å². The first-order valence-electron chi connectivity index (χ1n) is 4.59. The number of H-pyrrole nitrogens is 1. The van der Waals surface area contributed by atoms with E-state index >= 15 is 0 Å². The van der Waals surface area contributed by atoms with Crippen molar-refractivity contribution in [1.82, 2.24) is 4.98 Å². The number of hydrogen-bond acceptors (Lipinski definition) is 0. The zero-order valence-corrected chi connectivity index (χ0v) is 9.70. The number of aromatic amines is 1. The van der Waals surface area contributed by atoms with Crippen LogP contribution >= 0.6 is 15.9 Å². The fourth-order valence-corrected chi connectivity index (χ4v) is 2.29. The van der Waals surface area contributed by atoms with Gasteiger partial charge in [0.1, 0.15) is 5.82 Å². The Labute approximate surface area is 90.5 Å². The van der Waals surface area contributed by atoms with Gasteiger partial charge in [-0.2, -0.15) is 0 Å². The summed E-state index contributed by atoms with van der Waals surface area (Å²) >= 11 is 3.30. The van der Waals surface area contributed by atoms with Gasteiger partial charge in [-0.25, -0.2) is 4.39 Å². The van der Waals surface area contributed by atoms with E-state index in [4.69, 9.17) is 0 Å². The number of aryl methyl sites for hydroxylation is 2. The Morgan fingerprint density at radius 3 is 2.79 bits per heavy atom. The lowest BCUT2D eigenvalue weighted by Gasteiger charge is -1.97. The van der Waals surface area contributed by atoms with Gasteiger partial charge in [0.25, 0.3) is 0 Å². The molecule has 1 heterocycles. The highest BCUT2D eigenvalue weighted by molar-refractivity contribution is 9.10. The van der Waals surface area contributed by atoms with Crippen LogP contribution < -0.4 is 0 Å². The fraction of sp³-hybridized carbons (Fsp3) is 0.273. The molecule has 0 unspecified atom stereocenters. The second kappa shape index (κ2) is 3.39. The molecule has 0 bridgehead atoms. The molecule has 74 valence electrons. The second-order valence-corrected chi connectivity index (χ2v) is 4.31. The Bertz CT molecular complexity index is 487. The smallest absolute Gasteiger partial charge is 0.148 e. The van der Waals surface area contributed by atoms with E-state index in [1.807, 2.05) is 13.0 Å². The molecule has 0 saturated heterocycles. The number of fused-ring (bicyclic) bond motifs is 1. The van der Waals surface area contributed by atoms with Crippen LogP contribution in [-0.2, 0) is 6.42 Å². The number of hydrogen-bond donors (Lipinski definition) is 1. The van der Waals surface area contributed by atoms with Crippen LogP contribution in [0.5, 0.6) is 0 Å². The minimum atomic E-state index is -0.197. The quantitative estimate of drug-likeness (QED) is 0.795. The molecule has 1 aromatic carbocycles. The van der Waals surface area contributed by atoms with Crippen molar-refractivity contribution in [3.63, 3.8) is 0 Å². The van der Waals surface area contributed by atoms with Crippen LogP contribution in [0.3, 0.4) is 0 Å². The van der Waals surface area contributed by atoms with Crippen LogP contribution in [0, 0.1) is 12.7 Å². The fourth-order valence-electron chi connectivity index (χ4n) is 1.86. The normalized spacial score (nSPS) is 11.1. The van der Waals surface area contributed by atoms with Gasteiger partial charge in [-0.15, -0.1) is 0 Å². The summed E-state index contributed by atoms with van der Waals surface area (Å²) in [6.45, 7) is 4.06. The Hall–Kier alpha value is -0.830. The molecule has 0 fully saturated rings. The standard InChI is InChI=1S/C11H11BrFN/c1-3-8-6(2)14-11-9(8)4-7(12)5-10(11)13/h4-5,14H,3H2,1-2H3. The molecule has 2 rings (SSSR count). The summed E-state index contributed by atoms with van der Waals surface area (Å²) in [5.41, 5.74) is 2.86. The first-order chi connectivity index (χ1) is 6.63. The van der Waals surface area contributed by atoms with Gasteiger partial charge >= 0.3 is 0 Å². The average Bonchev–Trinajstić information content (AvgIpc) is 2.41. The maximum Gasteiger partial charge on any atom is 0.148 e. The highest BCUT2D eigenvalue weighted by atomic mass is 79.9. The SMILES string of the molecule is CCc1c(C)[nH]c2c(F)cc(Br)cc12. The summed E-state index contributed by atoms with van der Waals surface area (Å²) in [5.74, 6) is -0.197. The maximum absolute atomic E-state index is 13.5. The number of halogens is 2. The summed E-state index contributed by atoms with van der Waals surface area (Å²) in [6, 6.07) is 3.44.